The molecule has 94 valence electrons. The Morgan fingerprint density at radius 3 is 3.17 bits per heavy atom. The Balaban J connectivity index is 1.71. The number of nitrogen functional groups attached to an aromatic ring is 1. The SMILES string of the molecule is NNC(=O)c1nc(Cn2ccc(C3CC3)n2)cs1. The molecule has 2 aromatic heterocycles. The maximum Gasteiger partial charge on any atom is 0.294 e. The third-order valence-electron chi connectivity index (χ3n) is 2.86. The standard InChI is InChI=1S/C11H13N5OS/c12-14-10(17)11-13-8(6-18-11)5-16-4-3-9(15-16)7-1-2-7/h3-4,6-7H,1-2,5,12H2,(H,14,17). The van der Waals surface area contributed by atoms with Crippen LogP contribution in [0.4, 0.5) is 0 Å². The van der Waals surface area contributed by atoms with Crippen molar-refractivity contribution in [2.75, 3.05) is 0 Å². The number of amides is 1. The van der Waals surface area contributed by atoms with Crippen LogP contribution in [-0.2, 0) is 6.54 Å². The number of aromatic nitrogens is 3. The number of thiazole rings is 1. The molecular formula is C11H13N5OS. The Hall–Kier alpha value is -1.73. The first-order chi connectivity index (χ1) is 8.76. The van der Waals surface area contributed by atoms with Crippen molar-refractivity contribution in [1.29, 1.82) is 0 Å². The van der Waals surface area contributed by atoms with Gasteiger partial charge in [-0.05, 0) is 18.9 Å². The van der Waals surface area contributed by atoms with Gasteiger partial charge >= 0.3 is 0 Å². The first-order valence-electron chi connectivity index (χ1n) is 5.75. The van der Waals surface area contributed by atoms with Crippen LogP contribution in [0.2, 0.25) is 0 Å². The second-order valence-corrected chi connectivity index (χ2v) is 5.19. The number of nitrogens with zero attached hydrogens (tertiary/aromatic N) is 3. The number of hydrogen-bond donors (Lipinski definition) is 2. The van der Waals surface area contributed by atoms with Crippen molar-refractivity contribution in [3.8, 4) is 0 Å². The van der Waals surface area contributed by atoms with Gasteiger partial charge in [0, 0.05) is 17.5 Å². The van der Waals surface area contributed by atoms with Gasteiger partial charge in [0.1, 0.15) is 0 Å². The highest BCUT2D eigenvalue weighted by molar-refractivity contribution is 7.11. The molecule has 0 bridgehead atoms. The van der Waals surface area contributed by atoms with Crippen molar-refractivity contribution < 1.29 is 4.79 Å². The van der Waals surface area contributed by atoms with E-state index in [-0.39, 0.29) is 5.91 Å². The van der Waals surface area contributed by atoms with Gasteiger partial charge in [-0.1, -0.05) is 0 Å². The largest absolute Gasteiger partial charge is 0.294 e. The van der Waals surface area contributed by atoms with Gasteiger partial charge in [-0.25, -0.2) is 10.8 Å². The lowest BCUT2D eigenvalue weighted by atomic mass is 10.3. The molecule has 0 radical (unpaired) electrons. The van der Waals surface area contributed by atoms with Gasteiger partial charge in [-0.3, -0.25) is 14.9 Å². The lowest BCUT2D eigenvalue weighted by Gasteiger charge is -1.97. The summed E-state index contributed by atoms with van der Waals surface area (Å²) in [6, 6.07) is 2.05. The number of carbonyl (C=O) groups is 1. The van der Waals surface area contributed by atoms with Crippen LogP contribution in [0, 0.1) is 0 Å². The maximum absolute atomic E-state index is 11.3. The third kappa shape index (κ3) is 2.27. The van der Waals surface area contributed by atoms with Crippen LogP contribution in [0.5, 0.6) is 0 Å². The zero-order chi connectivity index (χ0) is 12.5. The highest BCUT2D eigenvalue weighted by Gasteiger charge is 2.25. The first-order valence-corrected chi connectivity index (χ1v) is 6.63. The molecule has 1 saturated carbocycles. The summed E-state index contributed by atoms with van der Waals surface area (Å²) in [4.78, 5) is 15.5. The Morgan fingerprint density at radius 1 is 1.61 bits per heavy atom. The Kier molecular flexibility index (Phi) is 2.85. The van der Waals surface area contributed by atoms with Crippen molar-refractivity contribution in [3.05, 3.63) is 34.0 Å². The summed E-state index contributed by atoms with van der Waals surface area (Å²) >= 11 is 1.28. The molecule has 0 saturated heterocycles. The molecule has 3 rings (SSSR count). The Morgan fingerprint density at radius 2 is 2.44 bits per heavy atom. The molecule has 0 aromatic carbocycles. The van der Waals surface area contributed by atoms with Crippen LogP contribution < -0.4 is 11.3 Å². The van der Waals surface area contributed by atoms with E-state index in [9.17, 15) is 4.79 Å². The summed E-state index contributed by atoms with van der Waals surface area (Å²) in [5.74, 6) is 5.36. The topological polar surface area (TPSA) is 85.8 Å². The van der Waals surface area contributed by atoms with E-state index in [0.29, 0.717) is 17.5 Å². The van der Waals surface area contributed by atoms with Gasteiger partial charge < -0.3 is 0 Å². The van der Waals surface area contributed by atoms with Crippen molar-refractivity contribution in [3.63, 3.8) is 0 Å². The average molecular weight is 263 g/mol. The van der Waals surface area contributed by atoms with Crippen LogP contribution in [0.15, 0.2) is 17.6 Å². The molecule has 7 heteroatoms. The fourth-order valence-electron chi connectivity index (χ4n) is 1.77. The normalized spacial score (nSPS) is 14.7. The fourth-order valence-corrected chi connectivity index (χ4v) is 2.48. The van der Waals surface area contributed by atoms with Gasteiger partial charge in [0.25, 0.3) is 5.91 Å². The monoisotopic (exact) mass is 263 g/mol. The average Bonchev–Trinajstić information content (AvgIpc) is 2.96. The predicted molar refractivity (Wildman–Crippen MR) is 67.1 cm³/mol. The van der Waals surface area contributed by atoms with Crippen molar-refractivity contribution in [1.82, 2.24) is 20.2 Å². The molecule has 1 aliphatic rings. The van der Waals surface area contributed by atoms with Crippen LogP contribution in [0.25, 0.3) is 0 Å². The summed E-state index contributed by atoms with van der Waals surface area (Å²) in [6.07, 6.45) is 4.44. The molecule has 2 aromatic rings. The minimum absolute atomic E-state index is 0.356. The summed E-state index contributed by atoms with van der Waals surface area (Å²) in [6.45, 7) is 0.584. The van der Waals surface area contributed by atoms with E-state index < -0.39 is 0 Å². The fraction of sp³-hybridized carbons (Fsp3) is 0.364. The van der Waals surface area contributed by atoms with Gasteiger partial charge in [0.2, 0.25) is 0 Å². The number of rotatable bonds is 4. The molecule has 0 unspecified atom stereocenters. The van der Waals surface area contributed by atoms with E-state index in [1.807, 2.05) is 16.3 Å². The van der Waals surface area contributed by atoms with Gasteiger partial charge in [-0.15, -0.1) is 11.3 Å². The molecule has 1 aliphatic carbocycles. The Labute approximate surface area is 108 Å². The van der Waals surface area contributed by atoms with E-state index in [4.69, 9.17) is 5.84 Å². The number of carbonyl (C=O) groups excluding carboxylic acids is 1. The lowest BCUT2D eigenvalue weighted by Crippen LogP contribution is -2.29. The zero-order valence-electron chi connectivity index (χ0n) is 9.67. The van der Waals surface area contributed by atoms with Crippen LogP contribution in [0.3, 0.4) is 0 Å². The molecule has 0 aliphatic heterocycles. The van der Waals surface area contributed by atoms with Crippen LogP contribution in [0.1, 0.15) is 39.9 Å². The summed E-state index contributed by atoms with van der Waals surface area (Å²) < 4.78 is 1.85. The second-order valence-electron chi connectivity index (χ2n) is 4.33. The van der Waals surface area contributed by atoms with Crippen molar-refractivity contribution in [2.45, 2.75) is 25.3 Å². The highest BCUT2D eigenvalue weighted by atomic mass is 32.1. The van der Waals surface area contributed by atoms with E-state index in [0.717, 1.165) is 11.4 Å². The zero-order valence-corrected chi connectivity index (χ0v) is 10.5. The van der Waals surface area contributed by atoms with E-state index in [1.165, 1.54) is 24.2 Å². The number of nitrogens with one attached hydrogen (secondary N) is 1. The Bertz CT molecular complexity index is 572. The highest BCUT2D eigenvalue weighted by Crippen LogP contribution is 2.38. The van der Waals surface area contributed by atoms with Gasteiger partial charge in [0.05, 0.1) is 17.9 Å². The number of hydrazine groups is 1. The molecular weight excluding hydrogens is 250 g/mol. The van der Waals surface area contributed by atoms with Crippen molar-refractivity contribution in [2.24, 2.45) is 5.84 Å². The third-order valence-corrected chi connectivity index (χ3v) is 3.75. The number of hydrogen-bond acceptors (Lipinski definition) is 5. The molecule has 18 heavy (non-hydrogen) atoms. The molecule has 2 heterocycles. The van der Waals surface area contributed by atoms with E-state index >= 15 is 0 Å². The molecule has 6 nitrogen and oxygen atoms in total. The smallest absolute Gasteiger partial charge is 0.288 e. The van der Waals surface area contributed by atoms with Crippen LogP contribution in [-0.4, -0.2) is 20.7 Å². The second kappa shape index (κ2) is 4.51. The minimum Gasteiger partial charge on any atom is -0.288 e. The minimum atomic E-state index is -0.356. The van der Waals surface area contributed by atoms with Crippen molar-refractivity contribution >= 4 is 17.2 Å². The maximum atomic E-state index is 11.3. The lowest BCUT2D eigenvalue weighted by molar-refractivity contribution is 0.0953. The van der Waals surface area contributed by atoms with Crippen LogP contribution >= 0.6 is 11.3 Å². The molecule has 1 fully saturated rings. The van der Waals surface area contributed by atoms with E-state index in [2.05, 4.69) is 21.6 Å². The summed E-state index contributed by atoms with van der Waals surface area (Å²) in [5, 5.41) is 6.73. The molecule has 0 atom stereocenters. The van der Waals surface area contributed by atoms with Gasteiger partial charge in [0.15, 0.2) is 5.01 Å². The number of nitrogens with two attached hydrogens (primary N) is 1. The van der Waals surface area contributed by atoms with E-state index in [1.54, 1.807) is 0 Å². The predicted octanol–water partition coefficient (Wildman–Crippen LogP) is 0.869. The quantitative estimate of drug-likeness (QED) is 0.487. The molecule has 1 amide bonds. The summed E-state index contributed by atoms with van der Waals surface area (Å²) in [5.41, 5.74) is 4.05. The summed E-state index contributed by atoms with van der Waals surface area (Å²) in [7, 11) is 0. The molecule has 3 N–H and O–H groups in total. The first kappa shape index (κ1) is 11.4. The molecule has 0 spiro atoms. The van der Waals surface area contributed by atoms with Gasteiger partial charge in [-0.2, -0.15) is 5.10 Å².